The highest BCUT2D eigenvalue weighted by Crippen LogP contribution is 2.17. The molecule has 0 radical (unpaired) electrons. The van der Waals surface area contributed by atoms with Gasteiger partial charge in [0.2, 0.25) is 0 Å². The summed E-state index contributed by atoms with van der Waals surface area (Å²) >= 11 is 0. The van der Waals surface area contributed by atoms with Gasteiger partial charge in [-0.2, -0.15) is 0 Å². The Morgan fingerprint density at radius 3 is 2.42 bits per heavy atom. The summed E-state index contributed by atoms with van der Waals surface area (Å²) in [5, 5.41) is 10.5. The first-order valence-electron chi connectivity index (χ1n) is 7.29. The molecule has 24 heavy (non-hydrogen) atoms. The molecule has 0 aliphatic heterocycles. The minimum Gasteiger partial charge on any atom is -0.429 e. The highest BCUT2D eigenvalue weighted by molar-refractivity contribution is 5.64. The normalized spacial score (nSPS) is 11.5. The van der Waals surface area contributed by atoms with E-state index in [1.807, 2.05) is 30.3 Å². The van der Waals surface area contributed by atoms with Gasteiger partial charge in [-0.1, -0.05) is 30.3 Å². The molecule has 0 saturated heterocycles. The molecular formula is C17H17NO6. The van der Waals surface area contributed by atoms with E-state index in [0.29, 0.717) is 6.61 Å². The maximum atomic E-state index is 11.6. The summed E-state index contributed by atoms with van der Waals surface area (Å²) < 4.78 is 15.5. The number of nitrogens with zero attached hydrogens (tertiary/aromatic N) is 1. The molecule has 7 heteroatoms. The van der Waals surface area contributed by atoms with Gasteiger partial charge in [-0.15, -0.1) is 0 Å². The van der Waals surface area contributed by atoms with Gasteiger partial charge >= 0.3 is 6.16 Å². The maximum absolute atomic E-state index is 11.6. The van der Waals surface area contributed by atoms with Gasteiger partial charge in [0.05, 0.1) is 18.1 Å². The van der Waals surface area contributed by atoms with Crippen molar-refractivity contribution in [3.05, 3.63) is 70.3 Å². The molecule has 0 bridgehead atoms. The lowest BCUT2D eigenvalue weighted by atomic mass is 10.2. The van der Waals surface area contributed by atoms with Crippen LogP contribution in [-0.4, -0.2) is 23.8 Å². The number of non-ortho nitro benzene ring substituents is 1. The molecule has 2 aromatic rings. The van der Waals surface area contributed by atoms with E-state index in [2.05, 4.69) is 0 Å². The fourth-order valence-corrected chi connectivity index (χ4v) is 1.87. The molecule has 0 fully saturated rings. The minimum absolute atomic E-state index is 0.0848. The van der Waals surface area contributed by atoms with Crippen molar-refractivity contribution in [1.82, 2.24) is 0 Å². The summed E-state index contributed by atoms with van der Waals surface area (Å²) in [5.74, 6) is 0.169. The van der Waals surface area contributed by atoms with Gasteiger partial charge in [-0.05, 0) is 24.6 Å². The Kier molecular flexibility index (Phi) is 6.27. The van der Waals surface area contributed by atoms with Crippen molar-refractivity contribution in [3.63, 3.8) is 0 Å². The number of benzene rings is 2. The summed E-state index contributed by atoms with van der Waals surface area (Å²) in [6, 6.07) is 14.8. The molecule has 7 nitrogen and oxygen atoms in total. The van der Waals surface area contributed by atoms with E-state index < -0.39 is 17.2 Å². The van der Waals surface area contributed by atoms with Crippen molar-refractivity contribution < 1.29 is 23.9 Å². The van der Waals surface area contributed by atoms with E-state index in [0.717, 1.165) is 5.56 Å². The van der Waals surface area contributed by atoms with Crippen molar-refractivity contribution in [2.45, 2.75) is 19.6 Å². The van der Waals surface area contributed by atoms with Crippen molar-refractivity contribution in [1.29, 1.82) is 0 Å². The van der Waals surface area contributed by atoms with Gasteiger partial charge < -0.3 is 14.2 Å². The van der Waals surface area contributed by atoms with Gasteiger partial charge in [0.25, 0.3) is 5.69 Å². The lowest BCUT2D eigenvalue weighted by molar-refractivity contribution is -0.384. The summed E-state index contributed by atoms with van der Waals surface area (Å²) in [4.78, 5) is 21.6. The molecule has 0 aliphatic carbocycles. The van der Waals surface area contributed by atoms with Crippen LogP contribution in [0.3, 0.4) is 0 Å². The van der Waals surface area contributed by atoms with Crippen LogP contribution in [-0.2, 0) is 16.1 Å². The standard InChI is InChI=1S/C17H17NO6/c1-13(11-22-12-14-5-3-2-4-6-14)23-17(19)24-16-9-7-15(8-10-16)18(20)21/h2-10,13H,11-12H2,1H3. The molecular weight excluding hydrogens is 314 g/mol. The first-order chi connectivity index (χ1) is 11.5. The van der Waals surface area contributed by atoms with Crippen LogP contribution >= 0.6 is 0 Å². The molecule has 0 N–H and O–H groups in total. The number of carbonyl (C=O) groups excluding carboxylic acids is 1. The van der Waals surface area contributed by atoms with Crippen molar-refractivity contribution >= 4 is 11.8 Å². The van der Waals surface area contributed by atoms with Crippen LogP contribution in [0.25, 0.3) is 0 Å². The first kappa shape index (κ1) is 17.4. The second-order valence-electron chi connectivity index (χ2n) is 5.03. The quantitative estimate of drug-likeness (QED) is 0.332. The molecule has 2 aromatic carbocycles. The zero-order chi connectivity index (χ0) is 17.4. The SMILES string of the molecule is CC(COCc1ccccc1)OC(=O)Oc1ccc([N+](=O)[O-])cc1. The molecule has 2 rings (SSSR count). The Balaban J connectivity index is 1.72. The fraction of sp³-hybridized carbons (Fsp3) is 0.235. The predicted octanol–water partition coefficient (Wildman–Crippen LogP) is 3.72. The predicted molar refractivity (Wildman–Crippen MR) is 85.8 cm³/mol. The highest BCUT2D eigenvalue weighted by Gasteiger charge is 2.13. The van der Waals surface area contributed by atoms with Crippen LogP contribution in [0.4, 0.5) is 10.5 Å². The molecule has 0 aliphatic rings. The topological polar surface area (TPSA) is 87.9 Å². The van der Waals surface area contributed by atoms with E-state index in [-0.39, 0.29) is 18.0 Å². The van der Waals surface area contributed by atoms with Crippen LogP contribution in [0.15, 0.2) is 54.6 Å². The highest BCUT2D eigenvalue weighted by atomic mass is 16.7. The number of nitro benzene ring substituents is 1. The Morgan fingerprint density at radius 1 is 1.12 bits per heavy atom. The third-order valence-electron chi connectivity index (χ3n) is 3.01. The van der Waals surface area contributed by atoms with Crippen LogP contribution < -0.4 is 4.74 Å². The monoisotopic (exact) mass is 331 g/mol. The third-order valence-corrected chi connectivity index (χ3v) is 3.01. The fourth-order valence-electron chi connectivity index (χ4n) is 1.87. The molecule has 0 amide bonds. The molecule has 0 saturated carbocycles. The summed E-state index contributed by atoms with van der Waals surface area (Å²) in [7, 11) is 0. The van der Waals surface area contributed by atoms with E-state index in [4.69, 9.17) is 14.2 Å². The number of hydrogen-bond acceptors (Lipinski definition) is 6. The summed E-state index contributed by atoms with van der Waals surface area (Å²) in [6.07, 6.45) is -1.38. The number of ether oxygens (including phenoxy) is 3. The largest absolute Gasteiger partial charge is 0.514 e. The van der Waals surface area contributed by atoms with Crippen molar-refractivity contribution in [2.24, 2.45) is 0 Å². The lowest BCUT2D eigenvalue weighted by Gasteiger charge is -2.13. The van der Waals surface area contributed by atoms with Gasteiger partial charge in [0.15, 0.2) is 0 Å². The third kappa shape index (κ3) is 5.69. The molecule has 126 valence electrons. The lowest BCUT2D eigenvalue weighted by Crippen LogP contribution is -2.22. The van der Waals surface area contributed by atoms with E-state index >= 15 is 0 Å². The van der Waals surface area contributed by atoms with Crippen LogP contribution in [0.1, 0.15) is 12.5 Å². The average molecular weight is 331 g/mol. The number of hydrogen-bond donors (Lipinski definition) is 0. The molecule has 1 atom stereocenters. The van der Waals surface area contributed by atoms with Crippen LogP contribution in [0, 0.1) is 10.1 Å². The Labute approximate surface area is 138 Å². The molecule has 0 spiro atoms. The van der Waals surface area contributed by atoms with Crippen molar-refractivity contribution in [3.8, 4) is 5.75 Å². The van der Waals surface area contributed by atoms with Gasteiger partial charge in [0, 0.05) is 12.1 Å². The minimum atomic E-state index is -0.889. The van der Waals surface area contributed by atoms with Crippen LogP contribution in [0.5, 0.6) is 5.75 Å². The van der Waals surface area contributed by atoms with Gasteiger partial charge in [0.1, 0.15) is 11.9 Å². The number of nitro groups is 1. The zero-order valence-corrected chi connectivity index (χ0v) is 13.1. The molecule has 0 heterocycles. The second-order valence-corrected chi connectivity index (χ2v) is 5.03. The first-order valence-corrected chi connectivity index (χ1v) is 7.29. The number of carbonyl (C=O) groups is 1. The Bertz CT molecular complexity index is 671. The summed E-state index contributed by atoms with van der Waals surface area (Å²) in [5.41, 5.74) is 0.941. The molecule has 0 aromatic heterocycles. The Hall–Kier alpha value is -2.93. The van der Waals surface area contributed by atoms with E-state index in [9.17, 15) is 14.9 Å². The zero-order valence-electron chi connectivity index (χ0n) is 13.1. The van der Waals surface area contributed by atoms with Crippen LogP contribution in [0.2, 0.25) is 0 Å². The average Bonchev–Trinajstić information content (AvgIpc) is 2.56. The van der Waals surface area contributed by atoms with E-state index in [1.165, 1.54) is 24.3 Å². The van der Waals surface area contributed by atoms with Gasteiger partial charge in [-0.3, -0.25) is 10.1 Å². The van der Waals surface area contributed by atoms with E-state index in [1.54, 1.807) is 6.92 Å². The smallest absolute Gasteiger partial charge is 0.429 e. The summed E-state index contributed by atoms with van der Waals surface area (Å²) in [6.45, 7) is 2.33. The number of rotatable bonds is 7. The van der Waals surface area contributed by atoms with Gasteiger partial charge in [-0.25, -0.2) is 4.79 Å². The Morgan fingerprint density at radius 2 is 1.79 bits per heavy atom. The second kappa shape index (κ2) is 8.64. The molecule has 1 unspecified atom stereocenters. The maximum Gasteiger partial charge on any atom is 0.514 e. The van der Waals surface area contributed by atoms with Crippen molar-refractivity contribution in [2.75, 3.05) is 6.61 Å².